The molecule has 0 aliphatic carbocycles. The van der Waals surface area contributed by atoms with Crippen LogP contribution in [0.15, 0.2) is 29.3 Å². The molecule has 0 radical (unpaired) electrons. The number of aliphatic hydroxyl groups is 3. The van der Waals surface area contributed by atoms with Crippen LogP contribution in [0.3, 0.4) is 0 Å². The third-order valence-corrected chi connectivity index (χ3v) is 12.4. The number of para-hydroxylation sites is 1. The number of nitrogens with zero attached hydrogens (tertiary/aromatic N) is 1. The van der Waals surface area contributed by atoms with E-state index in [1.807, 2.05) is 0 Å². The summed E-state index contributed by atoms with van der Waals surface area (Å²) in [4.78, 5) is 128. The molecular weight excluding hydrogens is 833 g/mol. The highest BCUT2D eigenvalue weighted by Gasteiger charge is 2.45. The van der Waals surface area contributed by atoms with Crippen LogP contribution in [0.25, 0.3) is 10.9 Å². The Morgan fingerprint density at radius 2 is 1.53 bits per heavy atom. The van der Waals surface area contributed by atoms with Crippen LogP contribution in [0.2, 0.25) is 0 Å². The molecule has 338 valence electrons. The first-order chi connectivity index (χ1) is 29.4. The number of carbonyl (C=O) groups is 9. The molecule has 3 aliphatic rings. The first-order valence-corrected chi connectivity index (χ1v) is 21.2. The molecule has 0 saturated carbocycles. The molecule has 23 heteroatoms. The van der Waals surface area contributed by atoms with Crippen LogP contribution in [-0.2, 0) is 49.6 Å². The zero-order valence-corrected chi connectivity index (χ0v) is 35.2. The van der Waals surface area contributed by atoms with Gasteiger partial charge in [-0.1, -0.05) is 45.4 Å². The molecule has 10 atom stereocenters. The van der Waals surface area contributed by atoms with Crippen LogP contribution < -0.4 is 43.0 Å². The summed E-state index contributed by atoms with van der Waals surface area (Å²) in [7, 11) is 0. The van der Waals surface area contributed by atoms with E-state index in [1.54, 1.807) is 38.1 Å². The first-order valence-electron chi connectivity index (χ1n) is 20.3. The SMILES string of the molecule is CC[C@H](C)[C@@H]1NC(=O)CNC(=O)C2Cc3c([nH]c4ccccc34)SCC(NC(=O)CNC1=O)C(=O)N[C@@H](CC(N)=O)C(=O)N1C[C@H](O)C[C@H]1C(=O)N[C@@H]([C@@H](C)[C@@H](O)CO)C(=O)N2. The van der Waals surface area contributed by atoms with E-state index in [0.717, 1.165) is 16.7 Å². The Morgan fingerprint density at radius 3 is 2.21 bits per heavy atom. The maximum absolute atomic E-state index is 14.4. The van der Waals surface area contributed by atoms with Crippen molar-refractivity contribution in [3.8, 4) is 0 Å². The number of aromatic nitrogens is 1. The number of primary amides is 1. The van der Waals surface area contributed by atoms with Crippen LogP contribution in [0.1, 0.15) is 45.6 Å². The van der Waals surface area contributed by atoms with Gasteiger partial charge in [0.1, 0.15) is 36.3 Å². The molecule has 2 aromatic rings. The molecule has 1 saturated heterocycles. The van der Waals surface area contributed by atoms with E-state index in [2.05, 4.69) is 42.2 Å². The van der Waals surface area contributed by atoms with Crippen LogP contribution >= 0.6 is 11.8 Å². The fraction of sp³-hybridized carbons (Fsp3) is 0.564. The van der Waals surface area contributed by atoms with E-state index in [1.165, 1.54) is 6.92 Å². The molecule has 1 aromatic heterocycles. The molecule has 1 aromatic carbocycles. The van der Waals surface area contributed by atoms with Gasteiger partial charge in [-0.05, 0) is 17.5 Å². The largest absolute Gasteiger partial charge is 0.394 e. The summed E-state index contributed by atoms with van der Waals surface area (Å²) in [5.41, 5.74) is 6.54. The maximum Gasteiger partial charge on any atom is 0.246 e. The fourth-order valence-electron chi connectivity index (χ4n) is 7.52. The third-order valence-electron chi connectivity index (χ3n) is 11.3. The van der Waals surface area contributed by atoms with Crippen LogP contribution in [0.4, 0.5) is 0 Å². The number of thioether (sulfide) groups is 1. The number of aromatic amines is 1. The molecule has 3 aliphatic heterocycles. The zero-order chi connectivity index (χ0) is 45.4. The van der Waals surface area contributed by atoms with Gasteiger partial charge in [0, 0.05) is 42.0 Å². The standard InChI is InChI=1S/C39H54N10O12S/c1-4-17(2)31-36(59)42-12-29(54)43-25-16-62-38-21(20-7-5-6-8-22(20)46-38)10-23(33(56)41-13-30(55)47-31)44-37(60)32(18(3)27(52)15-50)48-35(58)26-9-19(51)14-49(26)39(61)24(11-28(40)53)45-34(25)57/h5-8,17-19,23-27,31-32,46,50-52H,4,9-16H2,1-3H3,(H2,40,53)(H,41,56)(H,42,59)(H,43,54)(H,44,60)(H,45,57)(H,47,55)(H,48,58)/t17-,18-,19+,23?,24-,25?,26-,27-,31-,32-/m0/s1. The van der Waals surface area contributed by atoms with Gasteiger partial charge in [-0.25, -0.2) is 0 Å². The predicted molar refractivity (Wildman–Crippen MR) is 220 cm³/mol. The van der Waals surface area contributed by atoms with Crippen molar-refractivity contribution in [3.63, 3.8) is 0 Å². The summed E-state index contributed by atoms with van der Waals surface area (Å²) >= 11 is 1.02. The molecule has 9 amide bonds. The number of benzene rings is 1. The van der Waals surface area contributed by atoms with Crippen molar-refractivity contribution in [3.05, 3.63) is 29.8 Å². The van der Waals surface area contributed by atoms with E-state index >= 15 is 0 Å². The maximum atomic E-state index is 14.4. The molecule has 0 spiro atoms. The topological polar surface area (TPSA) is 344 Å². The molecule has 2 bridgehead atoms. The van der Waals surface area contributed by atoms with E-state index < -0.39 is 146 Å². The summed E-state index contributed by atoms with van der Waals surface area (Å²) in [5, 5.41) is 50.0. The number of amides is 9. The Kier molecular flexibility index (Phi) is 15.9. The number of aliphatic hydroxyl groups excluding tert-OH is 3. The molecular formula is C39H54N10O12S. The molecule has 1 fully saturated rings. The van der Waals surface area contributed by atoms with E-state index in [0.29, 0.717) is 27.9 Å². The van der Waals surface area contributed by atoms with Crippen LogP contribution in [0, 0.1) is 11.8 Å². The predicted octanol–water partition coefficient (Wildman–Crippen LogP) is -4.64. The van der Waals surface area contributed by atoms with Gasteiger partial charge in [-0.2, -0.15) is 0 Å². The van der Waals surface area contributed by atoms with Gasteiger partial charge < -0.3 is 68.2 Å². The van der Waals surface area contributed by atoms with Crippen molar-refractivity contribution < 1.29 is 58.5 Å². The van der Waals surface area contributed by atoms with Gasteiger partial charge in [-0.3, -0.25) is 43.2 Å². The first kappa shape index (κ1) is 47.3. The minimum atomic E-state index is -1.72. The quantitative estimate of drug-likeness (QED) is 0.125. The smallest absolute Gasteiger partial charge is 0.246 e. The lowest BCUT2D eigenvalue weighted by atomic mass is 9.93. The van der Waals surface area contributed by atoms with Crippen LogP contribution in [-0.4, -0.2) is 159 Å². The average molecular weight is 887 g/mol. The van der Waals surface area contributed by atoms with Gasteiger partial charge in [0.15, 0.2) is 0 Å². The highest BCUT2D eigenvalue weighted by atomic mass is 32.2. The number of carbonyl (C=O) groups excluding carboxylic acids is 9. The Morgan fingerprint density at radius 1 is 0.855 bits per heavy atom. The van der Waals surface area contributed by atoms with Gasteiger partial charge >= 0.3 is 0 Å². The number of fused-ring (bicyclic) bond motifs is 5. The summed E-state index contributed by atoms with van der Waals surface area (Å²) < 4.78 is 0. The van der Waals surface area contributed by atoms with E-state index in [9.17, 15) is 58.5 Å². The third kappa shape index (κ3) is 11.4. The Hall–Kier alpha value is -5.78. The van der Waals surface area contributed by atoms with Gasteiger partial charge in [0.25, 0.3) is 0 Å². The number of hydrogen-bond donors (Lipinski definition) is 12. The molecule has 22 nitrogen and oxygen atoms in total. The second-order valence-electron chi connectivity index (χ2n) is 15.8. The highest BCUT2D eigenvalue weighted by Crippen LogP contribution is 2.32. The number of hydrogen-bond acceptors (Lipinski definition) is 13. The summed E-state index contributed by atoms with van der Waals surface area (Å²) in [6.07, 6.45) is -3.83. The van der Waals surface area contributed by atoms with Crippen LogP contribution in [0.5, 0.6) is 0 Å². The lowest BCUT2D eigenvalue weighted by Crippen LogP contribution is -2.62. The summed E-state index contributed by atoms with van der Waals surface area (Å²) in [5.74, 6) is -10.2. The average Bonchev–Trinajstić information content (AvgIpc) is 3.81. The molecule has 13 N–H and O–H groups in total. The molecule has 4 heterocycles. The van der Waals surface area contributed by atoms with Gasteiger partial charge in [-0.15, -0.1) is 11.8 Å². The van der Waals surface area contributed by atoms with Crippen molar-refractivity contribution in [1.82, 2.24) is 47.1 Å². The lowest BCUT2D eigenvalue weighted by molar-refractivity contribution is -0.144. The van der Waals surface area contributed by atoms with E-state index in [4.69, 9.17) is 5.73 Å². The van der Waals surface area contributed by atoms with Crippen molar-refractivity contribution in [2.24, 2.45) is 17.6 Å². The zero-order valence-electron chi connectivity index (χ0n) is 34.4. The van der Waals surface area contributed by atoms with E-state index in [-0.39, 0.29) is 18.6 Å². The van der Waals surface area contributed by atoms with Crippen molar-refractivity contribution in [2.45, 2.75) is 99.9 Å². The number of nitrogens with two attached hydrogens (primary N) is 1. The second kappa shape index (κ2) is 20.9. The summed E-state index contributed by atoms with van der Waals surface area (Å²) in [6.45, 7) is 2.23. The molecule has 2 unspecified atom stereocenters. The van der Waals surface area contributed by atoms with Crippen molar-refractivity contribution >= 4 is 75.8 Å². The van der Waals surface area contributed by atoms with Crippen molar-refractivity contribution in [2.75, 3.05) is 32.0 Å². The van der Waals surface area contributed by atoms with Gasteiger partial charge in [0.2, 0.25) is 53.2 Å². The minimum absolute atomic E-state index is 0.246. The number of rotatable bonds is 7. The Bertz CT molecular complexity index is 2070. The Labute approximate surface area is 360 Å². The van der Waals surface area contributed by atoms with Crippen molar-refractivity contribution in [1.29, 1.82) is 0 Å². The number of nitrogens with one attached hydrogen (secondary N) is 8. The minimum Gasteiger partial charge on any atom is -0.394 e. The summed E-state index contributed by atoms with van der Waals surface area (Å²) in [6, 6.07) is -2.10. The Balaban J connectivity index is 1.69. The molecule has 62 heavy (non-hydrogen) atoms. The second-order valence-corrected chi connectivity index (χ2v) is 16.8. The molecule has 5 rings (SSSR count). The monoisotopic (exact) mass is 886 g/mol. The highest BCUT2D eigenvalue weighted by molar-refractivity contribution is 7.99. The van der Waals surface area contributed by atoms with Gasteiger partial charge in [0.05, 0.1) is 43.4 Å². The normalized spacial score (nSPS) is 27.8. The number of H-pyrrole nitrogens is 1. The lowest BCUT2D eigenvalue weighted by Gasteiger charge is -2.32. The fourth-order valence-corrected chi connectivity index (χ4v) is 8.64.